The minimum absolute atomic E-state index is 0.141. The number of carbonyl (C=O) groups is 1. The zero-order chi connectivity index (χ0) is 24.8. The van der Waals surface area contributed by atoms with Crippen molar-refractivity contribution in [3.8, 4) is 17.2 Å². The second-order valence-corrected chi connectivity index (χ2v) is 10.8. The summed E-state index contributed by atoms with van der Waals surface area (Å²) < 4.78 is 14.5. The summed E-state index contributed by atoms with van der Waals surface area (Å²) in [5, 5.41) is 9.47. The third-order valence-corrected chi connectivity index (χ3v) is 7.28. The Morgan fingerprint density at radius 3 is 2.29 bits per heavy atom. The second kappa shape index (κ2) is 11.9. The number of aromatic nitrogens is 3. The average Bonchev–Trinajstić information content (AvgIpc) is 3.25. The number of rotatable bonds is 9. The highest BCUT2D eigenvalue weighted by Gasteiger charge is 2.26. The first-order valence-electron chi connectivity index (χ1n) is 11.9. The molecule has 2 aromatic carbocycles. The van der Waals surface area contributed by atoms with Crippen LogP contribution in [0.4, 0.5) is 0 Å². The summed E-state index contributed by atoms with van der Waals surface area (Å²) in [4.78, 5) is 15.0. The maximum Gasteiger partial charge on any atom is 0.233 e. The van der Waals surface area contributed by atoms with Crippen molar-refractivity contribution in [3.05, 3.63) is 58.8 Å². The fraction of sp³-hybridized carbons (Fsp3) is 0.423. The van der Waals surface area contributed by atoms with Crippen molar-refractivity contribution < 1.29 is 14.3 Å². The summed E-state index contributed by atoms with van der Waals surface area (Å²) in [6.45, 7) is 8.88. The molecule has 0 bridgehead atoms. The van der Waals surface area contributed by atoms with Crippen molar-refractivity contribution >= 4 is 33.6 Å². The molecule has 7 nitrogen and oxygen atoms in total. The lowest BCUT2D eigenvalue weighted by atomic mass is 9.92. The molecule has 0 N–H and O–H groups in total. The summed E-state index contributed by atoms with van der Waals surface area (Å²) in [6.07, 6.45) is 1.17. The number of ether oxygens (including phenoxy) is 2. The number of halogens is 1. The molecule has 35 heavy (non-hydrogen) atoms. The Labute approximate surface area is 219 Å². The predicted octanol–water partition coefficient (Wildman–Crippen LogP) is 5.60. The van der Waals surface area contributed by atoms with Crippen LogP contribution in [0.2, 0.25) is 0 Å². The van der Waals surface area contributed by atoms with Crippen molar-refractivity contribution in [2.45, 2.75) is 39.0 Å². The van der Waals surface area contributed by atoms with E-state index in [0.29, 0.717) is 35.2 Å². The van der Waals surface area contributed by atoms with Gasteiger partial charge in [0.25, 0.3) is 0 Å². The van der Waals surface area contributed by atoms with Gasteiger partial charge < -0.3 is 14.4 Å². The Morgan fingerprint density at radius 1 is 1.00 bits per heavy atom. The van der Waals surface area contributed by atoms with Crippen LogP contribution in [0.1, 0.15) is 33.0 Å². The number of hydrogen-bond donors (Lipinski definition) is 0. The van der Waals surface area contributed by atoms with Crippen LogP contribution < -0.4 is 9.47 Å². The molecular formula is C26H31BrN4O3S. The molecule has 0 saturated carbocycles. The van der Waals surface area contributed by atoms with E-state index in [1.165, 1.54) is 18.2 Å². The molecule has 186 valence electrons. The largest absolute Gasteiger partial charge is 0.494 e. The number of piperidine rings is 1. The van der Waals surface area contributed by atoms with Gasteiger partial charge in [0, 0.05) is 23.2 Å². The summed E-state index contributed by atoms with van der Waals surface area (Å²) in [7, 11) is 0. The van der Waals surface area contributed by atoms with Crippen LogP contribution in [0.3, 0.4) is 0 Å². The molecule has 1 aliphatic rings. The van der Waals surface area contributed by atoms with Gasteiger partial charge in [0.2, 0.25) is 5.91 Å². The van der Waals surface area contributed by atoms with Crippen molar-refractivity contribution in [2.75, 3.05) is 25.4 Å². The molecule has 3 aromatic rings. The minimum atomic E-state index is 0.141. The quantitative estimate of drug-likeness (QED) is 0.318. The van der Waals surface area contributed by atoms with Gasteiger partial charge in [-0.1, -0.05) is 41.5 Å². The highest BCUT2D eigenvalue weighted by Crippen LogP contribution is 2.27. The van der Waals surface area contributed by atoms with E-state index in [9.17, 15) is 4.79 Å². The SMILES string of the molecule is CCOc1ccc(-n2c(COc3ccc(Br)cc3)nnc2SCC(=O)N2C[C@H](C)C[C@@H](C)C2)cc1. The fourth-order valence-corrected chi connectivity index (χ4v) is 5.51. The van der Waals surface area contributed by atoms with Crippen LogP contribution in [0, 0.1) is 11.8 Å². The Kier molecular flexibility index (Phi) is 8.73. The lowest BCUT2D eigenvalue weighted by molar-refractivity contribution is -0.130. The molecule has 0 spiro atoms. The monoisotopic (exact) mass is 558 g/mol. The van der Waals surface area contributed by atoms with Crippen molar-refractivity contribution in [3.63, 3.8) is 0 Å². The lowest BCUT2D eigenvalue weighted by Gasteiger charge is -2.34. The van der Waals surface area contributed by atoms with Crippen LogP contribution in [0.25, 0.3) is 5.69 Å². The number of likely N-dealkylation sites (tertiary alicyclic amines) is 1. The Balaban J connectivity index is 1.52. The number of amides is 1. The molecule has 9 heteroatoms. The zero-order valence-electron chi connectivity index (χ0n) is 20.3. The standard InChI is InChI=1S/C26H31BrN4O3S/c1-4-33-22-11-7-21(8-12-22)31-24(16-34-23-9-5-20(27)6-10-23)28-29-26(31)35-17-25(32)30-14-18(2)13-19(3)15-30/h5-12,18-19H,4,13-17H2,1-3H3/t18-,19-/m1/s1. The first kappa shape index (κ1) is 25.6. The van der Waals surface area contributed by atoms with Gasteiger partial charge in [-0.25, -0.2) is 0 Å². The average molecular weight is 560 g/mol. The van der Waals surface area contributed by atoms with Gasteiger partial charge in [0.1, 0.15) is 18.1 Å². The van der Waals surface area contributed by atoms with E-state index in [0.717, 1.165) is 34.7 Å². The van der Waals surface area contributed by atoms with Gasteiger partial charge >= 0.3 is 0 Å². The van der Waals surface area contributed by atoms with Crippen molar-refractivity contribution in [1.82, 2.24) is 19.7 Å². The summed E-state index contributed by atoms with van der Waals surface area (Å²) in [5.74, 6) is 3.73. The van der Waals surface area contributed by atoms with Crippen molar-refractivity contribution in [1.29, 1.82) is 0 Å². The smallest absolute Gasteiger partial charge is 0.233 e. The van der Waals surface area contributed by atoms with Crippen LogP contribution >= 0.6 is 27.7 Å². The predicted molar refractivity (Wildman–Crippen MR) is 141 cm³/mol. The number of thioether (sulfide) groups is 1. The van der Waals surface area contributed by atoms with E-state index in [1.807, 2.05) is 64.9 Å². The van der Waals surface area contributed by atoms with Crippen molar-refractivity contribution in [2.24, 2.45) is 11.8 Å². The molecular weight excluding hydrogens is 528 g/mol. The molecule has 0 radical (unpaired) electrons. The van der Waals surface area contributed by atoms with Crippen LogP contribution in [0.15, 0.2) is 58.2 Å². The van der Waals surface area contributed by atoms with E-state index < -0.39 is 0 Å². The summed E-state index contributed by atoms with van der Waals surface area (Å²) >= 11 is 4.85. The van der Waals surface area contributed by atoms with E-state index in [4.69, 9.17) is 9.47 Å². The molecule has 1 aliphatic heterocycles. The first-order valence-corrected chi connectivity index (χ1v) is 13.7. The summed E-state index contributed by atoms with van der Waals surface area (Å²) in [5.41, 5.74) is 0.892. The van der Waals surface area contributed by atoms with Gasteiger partial charge in [-0.15, -0.1) is 10.2 Å². The highest BCUT2D eigenvalue weighted by atomic mass is 79.9. The Morgan fingerprint density at radius 2 is 1.63 bits per heavy atom. The molecule has 1 amide bonds. The molecule has 0 unspecified atom stereocenters. The van der Waals surface area contributed by atoms with Gasteiger partial charge in [-0.3, -0.25) is 9.36 Å². The van der Waals surface area contributed by atoms with Gasteiger partial charge in [-0.2, -0.15) is 0 Å². The lowest BCUT2D eigenvalue weighted by Crippen LogP contribution is -2.43. The minimum Gasteiger partial charge on any atom is -0.494 e. The fourth-order valence-electron chi connectivity index (χ4n) is 4.37. The highest BCUT2D eigenvalue weighted by molar-refractivity contribution is 9.10. The van der Waals surface area contributed by atoms with Gasteiger partial charge in [0.05, 0.1) is 12.4 Å². The topological polar surface area (TPSA) is 69.5 Å². The van der Waals surface area contributed by atoms with Gasteiger partial charge in [-0.05, 0) is 73.7 Å². The molecule has 2 atom stereocenters. The van der Waals surface area contributed by atoms with Crippen LogP contribution in [0.5, 0.6) is 11.5 Å². The Bertz CT molecular complexity index is 1110. The summed E-state index contributed by atoms with van der Waals surface area (Å²) in [6, 6.07) is 15.5. The number of nitrogens with zero attached hydrogens (tertiary/aromatic N) is 4. The zero-order valence-corrected chi connectivity index (χ0v) is 22.7. The maximum atomic E-state index is 13.0. The second-order valence-electron chi connectivity index (χ2n) is 8.94. The molecule has 2 heterocycles. The normalized spacial score (nSPS) is 17.9. The molecule has 1 saturated heterocycles. The number of hydrogen-bond acceptors (Lipinski definition) is 6. The van der Waals surface area contributed by atoms with E-state index in [2.05, 4.69) is 40.0 Å². The first-order chi connectivity index (χ1) is 16.9. The molecule has 4 rings (SSSR count). The Hall–Kier alpha value is -2.52. The maximum absolute atomic E-state index is 13.0. The third-order valence-electron chi connectivity index (χ3n) is 5.83. The number of carbonyl (C=O) groups excluding carboxylic acids is 1. The van der Waals surface area contributed by atoms with Crippen LogP contribution in [-0.4, -0.2) is 51.0 Å². The van der Waals surface area contributed by atoms with E-state index in [-0.39, 0.29) is 12.5 Å². The van der Waals surface area contributed by atoms with Gasteiger partial charge in [0.15, 0.2) is 11.0 Å². The van der Waals surface area contributed by atoms with E-state index >= 15 is 0 Å². The van der Waals surface area contributed by atoms with E-state index in [1.54, 1.807) is 0 Å². The molecule has 0 aliphatic carbocycles. The number of benzene rings is 2. The molecule has 1 aromatic heterocycles. The van der Waals surface area contributed by atoms with Crippen LogP contribution in [-0.2, 0) is 11.4 Å². The molecule has 1 fully saturated rings. The third kappa shape index (κ3) is 6.79.